The van der Waals surface area contributed by atoms with Gasteiger partial charge in [-0.15, -0.1) is 13.2 Å². The molecule has 0 spiro atoms. The lowest BCUT2D eigenvalue weighted by atomic mass is 9.95. The summed E-state index contributed by atoms with van der Waals surface area (Å²) in [6.45, 7) is 1.19. The predicted molar refractivity (Wildman–Crippen MR) is 125 cm³/mol. The third kappa shape index (κ3) is 5.24. The van der Waals surface area contributed by atoms with Gasteiger partial charge in [-0.2, -0.15) is 5.10 Å². The summed E-state index contributed by atoms with van der Waals surface area (Å²) in [7, 11) is 0. The van der Waals surface area contributed by atoms with Gasteiger partial charge in [-0.1, -0.05) is 0 Å². The van der Waals surface area contributed by atoms with E-state index in [9.17, 15) is 22.4 Å². The molecular formula is C25H21F4N5O2. The normalized spacial score (nSPS) is 14.7. The van der Waals surface area contributed by atoms with Gasteiger partial charge in [0.1, 0.15) is 17.1 Å². The number of aromatic nitrogens is 3. The van der Waals surface area contributed by atoms with Gasteiger partial charge in [0.05, 0.1) is 5.69 Å². The summed E-state index contributed by atoms with van der Waals surface area (Å²) in [4.78, 5) is 19.4. The topological polar surface area (TPSA) is 71.8 Å². The number of benzene rings is 2. The van der Waals surface area contributed by atoms with Crippen LogP contribution in [0.3, 0.4) is 0 Å². The first-order valence-electron chi connectivity index (χ1n) is 11.3. The average Bonchev–Trinajstić information content (AvgIpc) is 3.29. The zero-order chi connectivity index (χ0) is 25.3. The van der Waals surface area contributed by atoms with Crippen LogP contribution in [0.2, 0.25) is 0 Å². The van der Waals surface area contributed by atoms with Crippen molar-refractivity contribution in [2.75, 3.05) is 23.3 Å². The predicted octanol–water partition coefficient (Wildman–Crippen LogP) is 5.29. The fourth-order valence-electron chi connectivity index (χ4n) is 4.25. The van der Waals surface area contributed by atoms with E-state index in [4.69, 9.17) is 0 Å². The maximum Gasteiger partial charge on any atom is 0.573 e. The van der Waals surface area contributed by atoms with Crippen molar-refractivity contribution in [1.29, 1.82) is 0 Å². The summed E-state index contributed by atoms with van der Waals surface area (Å²) in [5, 5.41) is 7.34. The largest absolute Gasteiger partial charge is 0.573 e. The summed E-state index contributed by atoms with van der Waals surface area (Å²) in [5.74, 6) is -0.347. The van der Waals surface area contributed by atoms with Gasteiger partial charge < -0.3 is 15.0 Å². The maximum absolute atomic E-state index is 13.3. The molecule has 3 heterocycles. The van der Waals surface area contributed by atoms with Crippen molar-refractivity contribution in [2.24, 2.45) is 5.92 Å². The van der Waals surface area contributed by atoms with Crippen molar-refractivity contribution < 1.29 is 27.1 Å². The number of rotatable bonds is 5. The monoisotopic (exact) mass is 499 g/mol. The first-order valence-corrected chi connectivity index (χ1v) is 11.3. The Balaban J connectivity index is 1.23. The molecule has 0 unspecified atom stereocenters. The number of carbonyl (C=O) groups is 1. The Labute approximate surface area is 203 Å². The van der Waals surface area contributed by atoms with Gasteiger partial charge in [-0.3, -0.25) is 4.79 Å². The highest BCUT2D eigenvalue weighted by atomic mass is 19.4. The van der Waals surface area contributed by atoms with Gasteiger partial charge in [-0.05, 0) is 67.4 Å². The van der Waals surface area contributed by atoms with E-state index in [2.05, 4.69) is 25.0 Å². The van der Waals surface area contributed by atoms with Crippen molar-refractivity contribution in [2.45, 2.75) is 19.2 Å². The Bertz CT molecular complexity index is 1360. The average molecular weight is 499 g/mol. The SMILES string of the molecule is O=C(Nc1ccc(OC(F)(F)F)cc1)C1CCN(c2nccn3nc(-c4ccc(F)cc4)cc23)CC1. The fourth-order valence-corrected chi connectivity index (χ4v) is 4.25. The Morgan fingerprint density at radius 2 is 1.72 bits per heavy atom. The minimum absolute atomic E-state index is 0.187. The Kier molecular flexibility index (Phi) is 6.21. The number of hydrogen-bond donors (Lipinski definition) is 1. The van der Waals surface area contributed by atoms with E-state index in [0.717, 1.165) is 29.0 Å². The van der Waals surface area contributed by atoms with Crippen molar-refractivity contribution in [1.82, 2.24) is 14.6 Å². The second-order valence-electron chi connectivity index (χ2n) is 8.44. The zero-order valence-corrected chi connectivity index (χ0v) is 18.9. The molecule has 5 rings (SSSR count). The Morgan fingerprint density at radius 3 is 2.39 bits per heavy atom. The van der Waals surface area contributed by atoms with Crippen LogP contribution < -0.4 is 15.0 Å². The molecule has 1 N–H and O–H groups in total. The molecule has 186 valence electrons. The smallest absolute Gasteiger partial charge is 0.406 e. The highest BCUT2D eigenvalue weighted by Crippen LogP contribution is 2.29. The van der Waals surface area contributed by atoms with E-state index in [-0.39, 0.29) is 23.4 Å². The molecule has 1 amide bonds. The van der Waals surface area contributed by atoms with Crippen molar-refractivity contribution in [3.05, 3.63) is 72.8 Å². The number of hydrogen-bond acceptors (Lipinski definition) is 5. The van der Waals surface area contributed by atoms with Gasteiger partial charge in [-0.25, -0.2) is 13.9 Å². The number of amides is 1. The lowest BCUT2D eigenvalue weighted by Gasteiger charge is -2.32. The summed E-state index contributed by atoms with van der Waals surface area (Å²) >= 11 is 0. The van der Waals surface area contributed by atoms with Crippen LogP contribution in [0, 0.1) is 11.7 Å². The second kappa shape index (κ2) is 9.48. The fraction of sp³-hybridized carbons (Fsp3) is 0.240. The minimum atomic E-state index is -4.77. The third-order valence-corrected chi connectivity index (χ3v) is 6.03. The van der Waals surface area contributed by atoms with Crippen LogP contribution in [-0.4, -0.2) is 40.0 Å². The molecular weight excluding hydrogens is 478 g/mol. The number of ether oxygens (including phenoxy) is 1. The van der Waals surface area contributed by atoms with E-state index in [1.165, 1.54) is 24.3 Å². The lowest BCUT2D eigenvalue weighted by Crippen LogP contribution is -2.38. The Morgan fingerprint density at radius 1 is 1.03 bits per heavy atom. The molecule has 36 heavy (non-hydrogen) atoms. The molecule has 0 radical (unpaired) electrons. The van der Waals surface area contributed by atoms with Gasteiger partial charge in [0, 0.05) is 42.7 Å². The van der Waals surface area contributed by atoms with E-state index in [1.54, 1.807) is 29.0 Å². The van der Waals surface area contributed by atoms with Gasteiger partial charge >= 0.3 is 6.36 Å². The van der Waals surface area contributed by atoms with Crippen LogP contribution in [-0.2, 0) is 4.79 Å². The third-order valence-electron chi connectivity index (χ3n) is 6.03. The van der Waals surface area contributed by atoms with E-state index < -0.39 is 6.36 Å². The van der Waals surface area contributed by atoms with Gasteiger partial charge in [0.25, 0.3) is 0 Å². The molecule has 1 fully saturated rings. The van der Waals surface area contributed by atoms with Crippen LogP contribution in [0.5, 0.6) is 5.75 Å². The van der Waals surface area contributed by atoms with Crippen LogP contribution >= 0.6 is 0 Å². The minimum Gasteiger partial charge on any atom is -0.406 e. The first kappa shape index (κ1) is 23.6. The van der Waals surface area contributed by atoms with Crippen molar-refractivity contribution in [3.63, 3.8) is 0 Å². The number of nitrogens with zero attached hydrogens (tertiary/aromatic N) is 4. The molecule has 0 bridgehead atoms. The van der Waals surface area contributed by atoms with E-state index in [0.29, 0.717) is 37.3 Å². The highest BCUT2D eigenvalue weighted by Gasteiger charge is 2.31. The summed E-state index contributed by atoms with van der Waals surface area (Å²) in [6.07, 6.45) is -0.186. The molecule has 7 nitrogen and oxygen atoms in total. The number of nitrogens with one attached hydrogen (secondary N) is 1. The number of anilines is 2. The molecule has 1 aliphatic heterocycles. The number of fused-ring (bicyclic) bond motifs is 1. The van der Waals surface area contributed by atoms with E-state index in [1.807, 2.05) is 6.07 Å². The number of piperidine rings is 1. The van der Waals surface area contributed by atoms with Crippen LogP contribution in [0.4, 0.5) is 29.1 Å². The first-order chi connectivity index (χ1) is 17.2. The standard InChI is InChI=1S/C25H21F4N5O2/c26-18-3-1-16(2-4-18)21-15-22-23(30-11-14-34(22)32-21)33-12-9-17(10-13-33)24(35)31-19-5-7-20(8-6-19)36-25(27,28)29/h1-8,11,14-15,17H,9-10,12-13H2,(H,31,35). The van der Waals surface area contributed by atoms with Gasteiger partial charge in [0.2, 0.25) is 5.91 Å². The van der Waals surface area contributed by atoms with E-state index >= 15 is 0 Å². The molecule has 2 aromatic heterocycles. The second-order valence-corrected chi connectivity index (χ2v) is 8.44. The number of alkyl halides is 3. The summed E-state index contributed by atoms with van der Waals surface area (Å²) < 4.78 is 55.8. The van der Waals surface area contributed by atoms with Crippen LogP contribution in [0.25, 0.3) is 16.8 Å². The Hall–Kier alpha value is -4.15. The molecule has 11 heteroatoms. The molecule has 1 aliphatic rings. The molecule has 2 aromatic carbocycles. The quantitative estimate of drug-likeness (QED) is 0.378. The summed E-state index contributed by atoms with van der Waals surface area (Å²) in [6, 6.07) is 13.1. The van der Waals surface area contributed by atoms with Crippen LogP contribution in [0.1, 0.15) is 12.8 Å². The highest BCUT2D eigenvalue weighted by molar-refractivity contribution is 5.92. The van der Waals surface area contributed by atoms with Gasteiger partial charge in [0.15, 0.2) is 5.82 Å². The lowest BCUT2D eigenvalue weighted by molar-refractivity contribution is -0.274. The molecule has 0 atom stereocenters. The molecule has 0 aliphatic carbocycles. The zero-order valence-electron chi connectivity index (χ0n) is 18.9. The van der Waals surface area contributed by atoms with Crippen molar-refractivity contribution in [3.8, 4) is 17.0 Å². The van der Waals surface area contributed by atoms with Crippen LogP contribution in [0.15, 0.2) is 67.0 Å². The van der Waals surface area contributed by atoms with Crippen molar-refractivity contribution >= 4 is 22.9 Å². The summed E-state index contributed by atoms with van der Waals surface area (Å²) in [5.41, 5.74) is 2.70. The molecule has 4 aromatic rings. The number of carbonyl (C=O) groups excluding carboxylic acids is 1. The molecule has 0 saturated carbocycles. The number of halogens is 4. The maximum atomic E-state index is 13.3. The molecule has 1 saturated heterocycles.